The zero-order valence-corrected chi connectivity index (χ0v) is 10.9. The first-order valence-electron chi connectivity index (χ1n) is 4.82. The normalized spacial score (nSPS) is 11.2. The molecule has 0 bridgehead atoms. The van der Waals surface area contributed by atoms with Gasteiger partial charge in [0.25, 0.3) is 3.79 Å². The lowest BCUT2D eigenvalue weighted by Gasteiger charge is -2.12. The predicted octanol–water partition coefficient (Wildman–Crippen LogP) is 3.91. The molecule has 1 rings (SSSR count). The number of ether oxygens (including phenoxy) is 1. The second-order valence-electron chi connectivity index (χ2n) is 3.25. The number of benzene rings is 1. The SMILES string of the molecule is CCCc1ccccc1OC(=O)C(Cl)(Cl)Cl. The molecular weight excluding hydrogens is 270 g/mol. The monoisotopic (exact) mass is 280 g/mol. The van der Waals surface area contributed by atoms with Gasteiger partial charge in [0.2, 0.25) is 0 Å². The summed E-state index contributed by atoms with van der Waals surface area (Å²) in [5, 5.41) is 0. The fraction of sp³-hybridized carbons (Fsp3) is 0.364. The van der Waals surface area contributed by atoms with Crippen LogP contribution < -0.4 is 4.74 Å². The largest absolute Gasteiger partial charge is 0.423 e. The molecular formula is C11H11Cl3O2. The van der Waals surface area contributed by atoms with Gasteiger partial charge in [0.05, 0.1) is 0 Å². The molecule has 0 atom stereocenters. The third-order valence-electron chi connectivity index (χ3n) is 1.93. The van der Waals surface area contributed by atoms with Crippen molar-refractivity contribution in [3.8, 4) is 5.75 Å². The molecule has 5 heteroatoms. The molecule has 16 heavy (non-hydrogen) atoms. The molecule has 0 aliphatic carbocycles. The van der Waals surface area contributed by atoms with Gasteiger partial charge in [-0.05, 0) is 18.1 Å². The number of alkyl halides is 3. The van der Waals surface area contributed by atoms with E-state index in [4.69, 9.17) is 39.5 Å². The summed E-state index contributed by atoms with van der Waals surface area (Å²) in [7, 11) is 0. The van der Waals surface area contributed by atoms with Gasteiger partial charge in [-0.25, -0.2) is 4.79 Å². The summed E-state index contributed by atoms with van der Waals surface area (Å²) in [6.45, 7) is 2.04. The zero-order chi connectivity index (χ0) is 12.2. The number of hydrogen-bond acceptors (Lipinski definition) is 2. The van der Waals surface area contributed by atoms with Crippen LogP contribution in [0.5, 0.6) is 5.75 Å². The number of carbonyl (C=O) groups excluding carboxylic acids is 1. The second kappa shape index (κ2) is 5.76. The van der Waals surface area contributed by atoms with E-state index in [-0.39, 0.29) is 0 Å². The Morgan fingerprint density at radius 2 is 1.94 bits per heavy atom. The molecule has 0 N–H and O–H groups in total. The van der Waals surface area contributed by atoms with Crippen molar-refractivity contribution in [3.05, 3.63) is 29.8 Å². The van der Waals surface area contributed by atoms with Crippen molar-refractivity contribution in [2.45, 2.75) is 23.6 Å². The van der Waals surface area contributed by atoms with Crippen molar-refractivity contribution in [1.29, 1.82) is 0 Å². The van der Waals surface area contributed by atoms with Gasteiger partial charge in [0, 0.05) is 0 Å². The number of aryl methyl sites for hydroxylation is 1. The highest BCUT2D eigenvalue weighted by Crippen LogP contribution is 2.29. The molecule has 0 amide bonds. The van der Waals surface area contributed by atoms with E-state index < -0.39 is 9.76 Å². The van der Waals surface area contributed by atoms with Crippen LogP contribution in [0.3, 0.4) is 0 Å². The highest BCUT2D eigenvalue weighted by atomic mass is 35.6. The van der Waals surface area contributed by atoms with E-state index >= 15 is 0 Å². The average molecular weight is 282 g/mol. The van der Waals surface area contributed by atoms with Crippen LogP contribution in [0.4, 0.5) is 0 Å². The molecule has 2 nitrogen and oxygen atoms in total. The number of carbonyl (C=O) groups is 1. The van der Waals surface area contributed by atoms with Gasteiger partial charge >= 0.3 is 5.97 Å². The molecule has 0 spiro atoms. The first-order chi connectivity index (χ1) is 7.45. The fourth-order valence-corrected chi connectivity index (χ4v) is 1.35. The summed E-state index contributed by atoms with van der Waals surface area (Å²) in [6, 6.07) is 7.20. The average Bonchev–Trinajstić information content (AvgIpc) is 2.20. The minimum Gasteiger partial charge on any atom is -0.423 e. The molecule has 0 radical (unpaired) electrons. The van der Waals surface area contributed by atoms with Crippen LogP contribution in [0.15, 0.2) is 24.3 Å². The number of halogens is 3. The molecule has 0 unspecified atom stereocenters. The Kier molecular flexibility index (Phi) is 4.90. The smallest absolute Gasteiger partial charge is 0.363 e. The Bertz CT molecular complexity index is 372. The summed E-state index contributed by atoms with van der Waals surface area (Å²) in [5.41, 5.74) is 0.924. The third kappa shape index (κ3) is 3.85. The highest BCUT2D eigenvalue weighted by Gasteiger charge is 2.33. The van der Waals surface area contributed by atoms with E-state index in [1.165, 1.54) is 0 Å². The maximum atomic E-state index is 11.4. The van der Waals surface area contributed by atoms with E-state index in [1.807, 2.05) is 19.1 Å². The van der Waals surface area contributed by atoms with Crippen molar-refractivity contribution in [3.63, 3.8) is 0 Å². The minimum atomic E-state index is -2.04. The van der Waals surface area contributed by atoms with Gasteiger partial charge in [0.1, 0.15) is 5.75 Å². The van der Waals surface area contributed by atoms with Crippen LogP contribution in [0.25, 0.3) is 0 Å². The van der Waals surface area contributed by atoms with Crippen LogP contribution in [0, 0.1) is 0 Å². The molecule has 0 fully saturated rings. The molecule has 0 saturated carbocycles. The lowest BCUT2D eigenvalue weighted by molar-refractivity contribution is -0.133. The first-order valence-corrected chi connectivity index (χ1v) is 5.95. The molecule has 88 valence electrons. The standard InChI is InChI=1S/C11H11Cl3O2/c1-2-5-8-6-3-4-7-9(8)16-10(15)11(12,13)14/h3-4,6-7H,2,5H2,1H3. The number of para-hydroxylation sites is 1. The zero-order valence-electron chi connectivity index (χ0n) is 8.67. The van der Waals surface area contributed by atoms with Gasteiger partial charge in [-0.3, -0.25) is 0 Å². The van der Waals surface area contributed by atoms with E-state index in [0.717, 1.165) is 18.4 Å². The van der Waals surface area contributed by atoms with Crippen LogP contribution in [0.2, 0.25) is 0 Å². The van der Waals surface area contributed by atoms with Crippen molar-refractivity contribution in [2.24, 2.45) is 0 Å². The maximum Gasteiger partial charge on any atom is 0.363 e. The van der Waals surface area contributed by atoms with Gasteiger partial charge in [0.15, 0.2) is 0 Å². The second-order valence-corrected chi connectivity index (χ2v) is 5.53. The third-order valence-corrected chi connectivity index (χ3v) is 2.39. The van der Waals surface area contributed by atoms with Crippen molar-refractivity contribution in [1.82, 2.24) is 0 Å². The minimum absolute atomic E-state index is 0.445. The van der Waals surface area contributed by atoms with Gasteiger partial charge in [-0.15, -0.1) is 0 Å². The highest BCUT2D eigenvalue weighted by molar-refractivity contribution is 6.75. The van der Waals surface area contributed by atoms with Crippen LogP contribution in [-0.4, -0.2) is 9.76 Å². The van der Waals surface area contributed by atoms with Crippen molar-refractivity contribution < 1.29 is 9.53 Å². The Morgan fingerprint density at radius 3 is 2.50 bits per heavy atom. The Morgan fingerprint density at radius 1 is 1.31 bits per heavy atom. The molecule has 0 aromatic heterocycles. The van der Waals surface area contributed by atoms with Crippen molar-refractivity contribution in [2.75, 3.05) is 0 Å². The van der Waals surface area contributed by atoms with E-state index in [1.54, 1.807) is 12.1 Å². The topological polar surface area (TPSA) is 26.3 Å². The molecule has 0 heterocycles. The summed E-state index contributed by atoms with van der Waals surface area (Å²) in [4.78, 5) is 11.4. The number of esters is 1. The lowest BCUT2D eigenvalue weighted by Crippen LogP contribution is -2.25. The molecule has 1 aromatic carbocycles. The van der Waals surface area contributed by atoms with Crippen LogP contribution in [-0.2, 0) is 11.2 Å². The van der Waals surface area contributed by atoms with E-state index in [9.17, 15) is 4.79 Å². The number of rotatable bonds is 3. The molecule has 0 saturated heterocycles. The quantitative estimate of drug-likeness (QED) is 0.477. The van der Waals surface area contributed by atoms with Gasteiger partial charge in [-0.2, -0.15) is 0 Å². The summed E-state index contributed by atoms with van der Waals surface area (Å²) in [5.74, 6) is -0.443. The Labute approximate surface area is 109 Å². The molecule has 0 aliphatic heterocycles. The summed E-state index contributed by atoms with van der Waals surface area (Å²) < 4.78 is 2.99. The molecule has 0 aliphatic rings. The first kappa shape index (κ1) is 13.6. The predicted molar refractivity (Wildman–Crippen MR) is 66.4 cm³/mol. The van der Waals surface area contributed by atoms with E-state index in [0.29, 0.717) is 5.75 Å². The Balaban J connectivity index is 2.84. The Hall–Kier alpha value is -0.440. The van der Waals surface area contributed by atoms with Gasteiger partial charge < -0.3 is 4.74 Å². The van der Waals surface area contributed by atoms with Gasteiger partial charge in [-0.1, -0.05) is 66.3 Å². The van der Waals surface area contributed by atoms with Crippen LogP contribution >= 0.6 is 34.8 Å². The van der Waals surface area contributed by atoms with Crippen molar-refractivity contribution >= 4 is 40.8 Å². The fourth-order valence-electron chi connectivity index (χ4n) is 1.24. The summed E-state index contributed by atoms with van der Waals surface area (Å²) >= 11 is 16.3. The molecule has 1 aromatic rings. The van der Waals surface area contributed by atoms with E-state index in [2.05, 4.69) is 0 Å². The maximum absolute atomic E-state index is 11.4. The lowest BCUT2D eigenvalue weighted by atomic mass is 10.1. The number of hydrogen-bond donors (Lipinski definition) is 0. The van der Waals surface area contributed by atoms with Crippen LogP contribution in [0.1, 0.15) is 18.9 Å². The summed E-state index contributed by atoms with van der Waals surface area (Å²) in [6.07, 6.45) is 1.76.